The van der Waals surface area contributed by atoms with Gasteiger partial charge in [0, 0.05) is 17.6 Å². The Bertz CT molecular complexity index is 380. The van der Waals surface area contributed by atoms with Gasteiger partial charge in [-0.15, -0.1) is 0 Å². The molecule has 0 saturated carbocycles. The maximum atomic E-state index is 9.11. The molecule has 0 aliphatic carbocycles. The molecule has 2 rings (SSSR count). The lowest BCUT2D eigenvalue weighted by atomic mass is 10.0. The van der Waals surface area contributed by atoms with Gasteiger partial charge in [-0.05, 0) is 58.8 Å². The van der Waals surface area contributed by atoms with Crippen LogP contribution in [-0.4, -0.2) is 18.2 Å². The van der Waals surface area contributed by atoms with E-state index in [4.69, 9.17) is 5.11 Å². The predicted molar refractivity (Wildman–Crippen MR) is 75.3 cm³/mol. The van der Waals surface area contributed by atoms with Crippen LogP contribution in [0.15, 0.2) is 22.7 Å². The fourth-order valence-electron chi connectivity index (χ4n) is 2.41. The monoisotopic (exact) mass is 297 g/mol. The van der Waals surface area contributed by atoms with Crippen LogP contribution < -0.4 is 4.90 Å². The van der Waals surface area contributed by atoms with Crippen molar-refractivity contribution >= 4 is 21.6 Å². The molecule has 3 heteroatoms. The first-order chi connectivity index (χ1) is 8.20. The van der Waals surface area contributed by atoms with Gasteiger partial charge in [-0.1, -0.05) is 13.0 Å². The Balaban J connectivity index is 2.15. The first-order valence-corrected chi connectivity index (χ1v) is 7.14. The van der Waals surface area contributed by atoms with Gasteiger partial charge >= 0.3 is 0 Å². The number of hydrogen-bond acceptors (Lipinski definition) is 2. The van der Waals surface area contributed by atoms with Crippen LogP contribution in [0.4, 0.5) is 5.69 Å². The van der Waals surface area contributed by atoms with Gasteiger partial charge in [-0.3, -0.25) is 0 Å². The Morgan fingerprint density at radius 2 is 2.18 bits per heavy atom. The van der Waals surface area contributed by atoms with Crippen LogP contribution in [0.5, 0.6) is 0 Å². The maximum absolute atomic E-state index is 9.11. The van der Waals surface area contributed by atoms with Crippen LogP contribution in [0.1, 0.15) is 31.7 Å². The lowest BCUT2D eigenvalue weighted by Gasteiger charge is -2.24. The molecule has 1 aromatic carbocycles. The Hall–Kier alpha value is -0.540. The van der Waals surface area contributed by atoms with Crippen molar-refractivity contribution in [3.8, 4) is 0 Å². The third-order valence-corrected chi connectivity index (χ3v) is 4.19. The van der Waals surface area contributed by atoms with Gasteiger partial charge in [0.15, 0.2) is 0 Å². The number of aliphatic hydroxyl groups excluding tert-OH is 1. The van der Waals surface area contributed by atoms with Crippen molar-refractivity contribution in [3.05, 3.63) is 28.2 Å². The summed E-state index contributed by atoms with van der Waals surface area (Å²) in [5.74, 6) is 0.843. The first kappa shape index (κ1) is 12.9. The molecule has 1 atom stereocenters. The predicted octanol–water partition coefficient (Wildman–Crippen LogP) is 3.57. The van der Waals surface area contributed by atoms with Crippen molar-refractivity contribution in [2.75, 3.05) is 18.0 Å². The summed E-state index contributed by atoms with van der Waals surface area (Å²) in [5, 5.41) is 9.11. The Labute approximate surface area is 112 Å². The van der Waals surface area contributed by atoms with Crippen molar-refractivity contribution in [1.82, 2.24) is 0 Å². The zero-order valence-corrected chi connectivity index (χ0v) is 11.9. The number of nitrogens with zero attached hydrogens (tertiary/aromatic N) is 1. The van der Waals surface area contributed by atoms with Crippen molar-refractivity contribution in [2.45, 2.75) is 32.8 Å². The van der Waals surface area contributed by atoms with Crippen LogP contribution in [0.3, 0.4) is 0 Å². The van der Waals surface area contributed by atoms with Crippen LogP contribution in [0, 0.1) is 5.92 Å². The summed E-state index contributed by atoms with van der Waals surface area (Å²) in [7, 11) is 0. The normalized spacial score (nSPS) is 21.4. The van der Waals surface area contributed by atoms with E-state index in [0.717, 1.165) is 29.0 Å². The second kappa shape index (κ2) is 5.87. The van der Waals surface area contributed by atoms with Crippen molar-refractivity contribution in [3.63, 3.8) is 0 Å². The number of benzene rings is 1. The van der Waals surface area contributed by atoms with Crippen LogP contribution in [0.25, 0.3) is 0 Å². The first-order valence-electron chi connectivity index (χ1n) is 6.35. The quantitative estimate of drug-likeness (QED) is 0.902. The number of hydrogen-bond donors (Lipinski definition) is 1. The Kier molecular flexibility index (Phi) is 4.46. The zero-order valence-electron chi connectivity index (χ0n) is 10.3. The average Bonchev–Trinajstić information content (AvgIpc) is 2.54. The summed E-state index contributed by atoms with van der Waals surface area (Å²) in [6.45, 7) is 4.73. The van der Waals surface area contributed by atoms with E-state index in [2.05, 4.69) is 33.8 Å². The molecule has 0 bridgehead atoms. The molecule has 0 amide bonds. The topological polar surface area (TPSA) is 23.5 Å². The highest BCUT2D eigenvalue weighted by molar-refractivity contribution is 9.10. The van der Waals surface area contributed by atoms with E-state index < -0.39 is 0 Å². The molecule has 0 aromatic heterocycles. The van der Waals surface area contributed by atoms with Gasteiger partial charge in [0.25, 0.3) is 0 Å². The molecular weight excluding hydrogens is 278 g/mol. The molecule has 1 fully saturated rings. The molecule has 1 N–H and O–H groups in total. The number of rotatable bonds is 2. The van der Waals surface area contributed by atoms with E-state index in [9.17, 15) is 0 Å². The number of anilines is 1. The van der Waals surface area contributed by atoms with Crippen molar-refractivity contribution in [2.24, 2.45) is 5.92 Å². The minimum absolute atomic E-state index is 0.107. The molecule has 1 aromatic rings. The van der Waals surface area contributed by atoms with E-state index in [1.807, 2.05) is 12.1 Å². The fraction of sp³-hybridized carbons (Fsp3) is 0.571. The van der Waals surface area contributed by atoms with Gasteiger partial charge in [-0.2, -0.15) is 0 Å². The maximum Gasteiger partial charge on any atom is 0.0682 e. The van der Waals surface area contributed by atoms with Crippen LogP contribution >= 0.6 is 15.9 Å². The van der Waals surface area contributed by atoms with E-state index in [1.54, 1.807) is 0 Å². The third kappa shape index (κ3) is 3.23. The Morgan fingerprint density at radius 1 is 1.35 bits per heavy atom. The molecule has 1 aliphatic heterocycles. The number of aliphatic hydroxyl groups is 1. The van der Waals surface area contributed by atoms with E-state index in [0.29, 0.717) is 0 Å². The Morgan fingerprint density at radius 3 is 2.88 bits per heavy atom. The summed E-state index contributed by atoms with van der Waals surface area (Å²) in [5.41, 5.74) is 2.22. The summed E-state index contributed by atoms with van der Waals surface area (Å²) in [4.78, 5) is 2.45. The van der Waals surface area contributed by atoms with Crippen molar-refractivity contribution < 1.29 is 5.11 Å². The van der Waals surface area contributed by atoms with Gasteiger partial charge in [0.1, 0.15) is 0 Å². The van der Waals surface area contributed by atoms with E-state index in [1.165, 1.54) is 24.9 Å². The lowest BCUT2D eigenvalue weighted by Crippen LogP contribution is -2.24. The number of halogens is 1. The van der Waals surface area contributed by atoms with Crippen LogP contribution in [0.2, 0.25) is 0 Å². The van der Waals surface area contributed by atoms with Crippen LogP contribution in [-0.2, 0) is 6.61 Å². The van der Waals surface area contributed by atoms with Gasteiger partial charge in [-0.25, -0.2) is 0 Å². The highest BCUT2D eigenvalue weighted by Gasteiger charge is 2.16. The minimum atomic E-state index is 0.107. The summed E-state index contributed by atoms with van der Waals surface area (Å²) < 4.78 is 1.10. The van der Waals surface area contributed by atoms with Gasteiger partial charge in [0.05, 0.1) is 12.3 Å². The van der Waals surface area contributed by atoms with E-state index in [-0.39, 0.29) is 6.61 Å². The smallest absolute Gasteiger partial charge is 0.0682 e. The molecule has 1 unspecified atom stereocenters. The molecule has 1 saturated heterocycles. The summed E-state index contributed by atoms with van der Waals surface area (Å²) >= 11 is 3.61. The SMILES string of the molecule is CC1CCCN(c2ccc(CO)cc2Br)CC1. The molecule has 1 aliphatic rings. The van der Waals surface area contributed by atoms with Gasteiger partial charge in [0.2, 0.25) is 0 Å². The fourth-order valence-corrected chi connectivity index (χ4v) is 3.09. The minimum Gasteiger partial charge on any atom is -0.392 e. The molecular formula is C14H20BrNO. The highest BCUT2D eigenvalue weighted by Crippen LogP contribution is 2.30. The standard InChI is InChI=1S/C14H20BrNO/c1-11-3-2-7-16(8-6-11)14-5-4-12(10-17)9-13(14)15/h4-5,9,11,17H,2-3,6-8,10H2,1H3. The highest BCUT2D eigenvalue weighted by atomic mass is 79.9. The molecule has 0 radical (unpaired) electrons. The summed E-state index contributed by atoms with van der Waals surface area (Å²) in [6.07, 6.45) is 3.88. The van der Waals surface area contributed by atoms with Gasteiger partial charge < -0.3 is 10.0 Å². The average molecular weight is 298 g/mol. The summed E-state index contributed by atoms with van der Waals surface area (Å²) in [6, 6.07) is 6.14. The lowest BCUT2D eigenvalue weighted by molar-refractivity contribution is 0.282. The molecule has 1 heterocycles. The molecule has 17 heavy (non-hydrogen) atoms. The largest absolute Gasteiger partial charge is 0.392 e. The molecule has 2 nitrogen and oxygen atoms in total. The second-order valence-corrected chi connectivity index (χ2v) is 5.82. The molecule has 94 valence electrons. The molecule has 0 spiro atoms. The zero-order chi connectivity index (χ0) is 12.3. The van der Waals surface area contributed by atoms with E-state index >= 15 is 0 Å². The third-order valence-electron chi connectivity index (χ3n) is 3.55. The second-order valence-electron chi connectivity index (χ2n) is 4.97. The van der Waals surface area contributed by atoms with Crippen molar-refractivity contribution in [1.29, 1.82) is 0 Å².